The minimum atomic E-state index is 0.437. The summed E-state index contributed by atoms with van der Waals surface area (Å²) in [4.78, 5) is 0. The Balaban J connectivity index is 2.16. The average Bonchev–Trinajstić information content (AvgIpc) is 2.35. The number of nitrogens with one attached hydrogen (secondary N) is 1. The monoisotopic (exact) mass is 237 g/mol. The summed E-state index contributed by atoms with van der Waals surface area (Å²) in [5.74, 6) is 0. The lowest BCUT2D eigenvalue weighted by molar-refractivity contribution is 1.26. The Hall–Kier alpha value is -2.47. The number of hydrogen-bond acceptors (Lipinski definition) is 3. The number of nitrogen functional groups attached to an aromatic ring is 1. The molecule has 0 bridgehead atoms. The second-order valence-electron chi connectivity index (χ2n) is 4.25. The zero-order valence-corrected chi connectivity index (χ0v) is 10.3. The van der Waals surface area contributed by atoms with Crippen molar-refractivity contribution in [2.24, 2.45) is 0 Å². The normalized spacial score (nSPS) is 9.78. The highest BCUT2D eigenvalue weighted by Gasteiger charge is 2.00. The lowest BCUT2D eigenvalue weighted by Gasteiger charge is -2.10. The fraction of sp³-hybridized carbons (Fsp3) is 0.133. The third kappa shape index (κ3) is 2.80. The van der Waals surface area contributed by atoms with Crippen molar-refractivity contribution in [1.29, 1.82) is 5.26 Å². The van der Waals surface area contributed by atoms with E-state index in [1.165, 1.54) is 0 Å². The van der Waals surface area contributed by atoms with E-state index in [0.717, 1.165) is 28.2 Å². The van der Waals surface area contributed by atoms with Crippen LogP contribution in [0.3, 0.4) is 0 Å². The standard InChI is InChI=1S/C15H15N3/c1-11-2-7-15(14(17)10-11)18-13-5-3-12(4-6-13)8-9-16/h2-7,10,18H,8,17H2,1H3. The van der Waals surface area contributed by atoms with E-state index in [1.807, 2.05) is 49.4 Å². The quantitative estimate of drug-likeness (QED) is 0.804. The highest BCUT2D eigenvalue weighted by molar-refractivity contribution is 5.73. The summed E-state index contributed by atoms with van der Waals surface area (Å²) in [5, 5.41) is 11.9. The minimum Gasteiger partial charge on any atom is -0.397 e. The smallest absolute Gasteiger partial charge is 0.0669 e. The summed E-state index contributed by atoms with van der Waals surface area (Å²) in [6.45, 7) is 2.01. The summed E-state index contributed by atoms with van der Waals surface area (Å²) >= 11 is 0. The Bertz CT molecular complexity index is 580. The van der Waals surface area contributed by atoms with Crippen LogP contribution >= 0.6 is 0 Å². The Morgan fingerprint density at radius 2 is 1.89 bits per heavy atom. The predicted molar refractivity (Wildman–Crippen MR) is 74.6 cm³/mol. The van der Waals surface area contributed by atoms with Gasteiger partial charge in [0.25, 0.3) is 0 Å². The molecule has 3 heteroatoms. The summed E-state index contributed by atoms with van der Waals surface area (Å²) in [6.07, 6.45) is 0.437. The van der Waals surface area contributed by atoms with E-state index in [-0.39, 0.29) is 0 Å². The van der Waals surface area contributed by atoms with Crippen molar-refractivity contribution in [3.63, 3.8) is 0 Å². The number of nitrogens with zero attached hydrogens (tertiary/aromatic N) is 1. The molecule has 0 aliphatic heterocycles. The molecule has 0 fully saturated rings. The number of anilines is 3. The first-order chi connectivity index (χ1) is 8.69. The number of nitriles is 1. The molecule has 0 heterocycles. The van der Waals surface area contributed by atoms with Gasteiger partial charge < -0.3 is 11.1 Å². The first-order valence-electron chi connectivity index (χ1n) is 5.78. The number of rotatable bonds is 3. The van der Waals surface area contributed by atoms with E-state index >= 15 is 0 Å². The zero-order chi connectivity index (χ0) is 13.0. The summed E-state index contributed by atoms with van der Waals surface area (Å²) in [6, 6.07) is 15.8. The molecule has 90 valence electrons. The van der Waals surface area contributed by atoms with Gasteiger partial charge in [-0.2, -0.15) is 5.26 Å². The van der Waals surface area contributed by atoms with E-state index in [2.05, 4.69) is 11.4 Å². The Labute approximate surface area is 107 Å². The van der Waals surface area contributed by atoms with Gasteiger partial charge in [0.15, 0.2) is 0 Å². The third-order valence-electron chi connectivity index (χ3n) is 2.72. The van der Waals surface area contributed by atoms with Gasteiger partial charge in [-0.1, -0.05) is 18.2 Å². The van der Waals surface area contributed by atoms with Crippen LogP contribution in [-0.2, 0) is 6.42 Å². The molecular weight excluding hydrogens is 222 g/mol. The first kappa shape index (κ1) is 12.0. The van der Waals surface area contributed by atoms with Gasteiger partial charge >= 0.3 is 0 Å². The maximum Gasteiger partial charge on any atom is 0.0669 e. The molecule has 0 spiro atoms. The average molecular weight is 237 g/mol. The molecule has 2 aromatic carbocycles. The van der Waals surface area contributed by atoms with E-state index < -0.39 is 0 Å². The predicted octanol–water partition coefficient (Wildman–Crippen LogP) is 3.39. The van der Waals surface area contributed by atoms with Gasteiger partial charge in [0.05, 0.1) is 23.9 Å². The van der Waals surface area contributed by atoms with Gasteiger partial charge in [-0.05, 0) is 42.3 Å². The second-order valence-corrected chi connectivity index (χ2v) is 4.25. The van der Waals surface area contributed by atoms with Crippen molar-refractivity contribution in [3.05, 3.63) is 53.6 Å². The fourth-order valence-electron chi connectivity index (χ4n) is 1.75. The van der Waals surface area contributed by atoms with Crippen molar-refractivity contribution >= 4 is 17.1 Å². The van der Waals surface area contributed by atoms with Gasteiger partial charge in [0.2, 0.25) is 0 Å². The molecule has 18 heavy (non-hydrogen) atoms. The van der Waals surface area contributed by atoms with E-state index in [0.29, 0.717) is 6.42 Å². The van der Waals surface area contributed by atoms with E-state index in [1.54, 1.807) is 0 Å². The SMILES string of the molecule is Cc1ccc(Nc2ccc(CC#N)cc2)c(N)c1. The van der Waals surface area contributed by atoms with Crippen LogP contribution in [-0.4, -0.2) is 0 Å². The van der Waals surface area contributed by atoms with Crippen molar-refractivity contribution in [2.45, 2.75) is 13.3 Å². The second kappa shape index (κ2) is 5.24. The maximum atomic E-state index is 8.60. The Morgan fingerprint density at radius 1 is 1.17 bits per heavy atom. The van der Waals surface area contributed by atoms with E-state index in [4.69, 9.17) is 11.0 Å². The molecule has 2 rings (SSSR count). The molecule has 0 saturated heterocycles. The van der Waals surface area contributed by atoms with Gasteiger partial charge in [-0.25, -0.2) is 0 Å². The lowest BCUT2D eigenvalue weighted by atomic mass is 10.1. The van der Waals surface area contributed by atoms with Crippen molar-refractivity contribution < 1.29 is 0 Å². The molecule has 3 nitrogen and oxygen atoms in total. The molecule has 0 aliphatic carbocycles. The molecule has 0 amide bonds. The van der Waals surface area contributed by atoms with E-state index in [9.17, 15) is 0 Å². The summed E-state index contributed by atoms with van der Waals surface area (Å²) in [5.41, 5.74) is 10.7. The van der Waals surface area contributed by atoms with Gasteiger partial charge in [0, 0.05) is 5.69 Å². The molecule has 2 aromatic rings. The van der Waals surface area contributed by atoms with Crippen molar-refractivity contribution in [2.75, 3.05) is 11.1 Å². The van der Waals surface area contributed by atoms with Crippen LogP contribution in [0.5, 0.6) is 0 Å². The third-order valence-corrected chi connectivity index (χ3v) is 2.72. The number of hydrogen-bond donors (Lipinski definition) is 2. The molecule has 3 N–H and O–H groups in total. The Morgan fingerprint density at radius 3 is 2.50 bits per heavy atom. The maximum absolute atomic E-state index is 8.60. The number of benzene rings is 2. The number of nitrogens with two attached hydrogens (primary N) is 1. The summed E-state index contributed by atoms with van der Waals surface area (Å²) in [7, 11) is 0. The molecule has 0 unspecified atom stereocenters. The van der Waals surface area contributed by atoms with Crippen LogP contribution < -0.4 is 11.1 Å². The minimum absolute atomic E-state index is 0.437. The van der Waals surface area contributed by atoms with Crippen LogP contribution in [0.2, 0.25) is 0 Å². The van der Waals surface area contributed by atoms with Gasteiger partial charge in [-0.15, -0.1) is 0 Å². The van der Waals surface area contributed by atoms with Crippen LogP contribution in [0, 0.1) is 18.3 Å². The lowest BCUT2D eigenvalue weighted by Crippen LogP contribution is -1.96. The topological polar surface area (TPSA) is 61.8 Å². The van der Waals surface area contributed by atoms with Crippen LogP contribution in [0.25, 0.3) is 0 Å². The van der Waals surface area contributed by atoms with Crippen molar-refractivity contribution in [3.8, 4) is 6.07 Å². The number of aryl methyl sites for hydroxylation is 1. The molecule has 0 radical (unpaired) electrons. The largest absolute Gasteiger partial charge is 0.397 e. The van der Waals surface area contributed by atoms with Gasteiger partial charge in [-0.3, -0.25) is 0 Å². The highest BCUT2D eigenvalue weighted by Crippen LogP contribution is 2.24. The van der Waals surface area contributed by atoms with Gasteiger partial charge in [0.1, 0.15) is 0 Å². The molecular formula is C15H15N3. The van der Waals surface area contributed by atoms with Crippen LogP contribution in [0.4, 0.5) is 17.1 Å². The molecule has 0 saturated carbocycles. The molecule has 0 aliphatic rings. The Kier molecular flexibility index (Phi) is 3.49. The summed E-state index contributed by atoms with van der Waals surface area (Å²) < 4.78 is 0. The van der Waals surface area contributed by atoms with Crippen molar-refractivity contribution in [1.82, 2.24) is 0 Å². The zero-order valence-electron chi connectivity index (χ0n) is 10.3. The first-order valence-corrected chi connectivity index (χ1v) is 5.78. The fourth-order valence-corrected chi connectivity index (χ4v) is 1.75. The van der Waals surface area contributed by atoms with Crippen LogP contribution in [0.15, 0.2) is 42.5 Å². The highest BCUT2D eigenvalue weighted by atomic mass is 14.9. The van der Waals surface area contributed by atoms with Crippen LogP contribution in [0.1, 0.15) is 11.1 Å². The molecule has 0 aromatic heterocycles. The molecule has 0 atom stereocenters.